The topological polar surface area (TPSA) is 576 Å². The summed E-state index contributed by atoms with van der Waals surface area (Å²) in [6, 6.07) is 45.0. The summed E-state index contributed by atoms with van der Waals surface area (Å²) in [4.78, 5) is 148. The van der Waals surface area contributed by atoms with Gasteiger partial charge in [-0.2, -0.15) is 0 Å². The van der Waals surface area contributed by atoms with Crippen molar-refractivity contribution in [2.24, 2.45) is 0 Å². The van der Waals surface area contributed by atoms with Gasteiger partial charge in [0.2, 0.25) is 5.97 Å². The number of aliphatic carboxylic acids is 1. The molecule has 0 amide bonds. The van der Waals surface area contributed by atoms with Gasteiger partial charge in [-0.25, -0.2) is 19.4 Å². The Bertz CT molecular complexity index is 4960. The van der Waals surface area contributed by atoms with Crippen LogP contribution < -0.4 is 61.8 Å². The fourth-order valence-corrected chi connectivity index (χ4v) is 14.4. The summed E-state index contributed by atoms with van der Waals surface area (Å²) in [6.07, 6.45) is 8.66. The van der Waals surface area contributed by atoms with Crippen LogP contribution in [0.3, 0.4) is 0 Å². The number of hydrogen-bond donors (Lipinski definition) is 5. The van der Waals surface area contributed by atoms with Gasteiger partial charge < -0.3 is 72.3 Å². The number of nitro groups is 6. The molecule has 3 radical (unpaired) electrons. The zero-order chi connectivity index (χ0) is 112. The predicted octanol–water partition coefficient (Wildman–Crippen LogP) is 9.07. The Morgan fingerprint density at radius 1 is 0.483 bits per heavy atom. The molecule has 5 aliphatic heterocycles. The van der Waals surface area contributed by atoms with E-state index >= 15 is 0 Å². The van der Waals surface area contributed by atoms with Gasteiger partial charge >= 0.3 is 170 Å². The third-order valence-corrected chi connectivity index (χ3v) is 24.8. The molecule has 42 nitrogen and oxygen atoms in total. The molecule has 12 rings (SSSR count). The van der Waals surface area contributed by atoms with Gasteiger partial charge in [0.05, 0.1) is 107 Å². The van der Waals surface area contributed by atoms with Gasteiger partial charge in [-0.1, -0.05) is 140 Å². The number of methoxy groups -OCH3 is 2. The van der Waals surface area contributed by atoms with Crippen LogP contribution in [-0.4, -0.2) is 309 Å². The average Bonchev–Trinajstić information content (AvgIpc) is 1.25. The van der Waals surface area contributed by atoms with E-state index in [1.807, 2.05) is 52.0 Å². The maximum atomic E-state index is 11.5. The fourth-order valence-electron chi connectivity index (χ4n) is 12.7. The van der Waals surface area contributed by atoms with Crippen molar-refractivity contribution < 1.29 is 177 Å². The molecule has 5 fully saturated rings. The van der Waals surface area contributed by atoms with E-state index in [4.69, 9.17) is 44.7 Å². The number of ether oxygens (including phenoxy) is 7. The molecule has 0 aromatic heterocycles. The molecule has 48 heteroatoms. The number of aliphatic hydroxyl groups excluding tert-OH is 2. The van der Waals surface area contributed by atoms with Gasteiger partial charge in [0.15, 0.2) is 0 Å². The number of alkyl halides is 2. The molecule has 0 spiro atoms. The van der Waals surface area contributed by atoms with E-state index in [2.05, 4.69) is 91.8 Å². The number of non-ortho nitro benzene ring substituents is 6. The summed E-state index contributed by atoms with van der Waals surface area (Å²) in [5, 5.41) is 90.6. The molecule has 813 valence electrons. The van der Waals surface area contributed by atoms with Crippen LogP contribution in [0.5, 0.6) is 0 Å². The number of nitrogens with zero attached hydrogens (tertiary/aromatic N) is 8. The molecule has 0 bridgehead atoms. The molecule has 6 N–H and O–H groups in total. The number of carboxylic acids is 1. The summed E-state index contributed by atoms with van der Waals surface area (Å²) < 4.78 is 39.6. The number of benzene rings is 7. The number of nitro benzene ring substituents is 6. The Morgan fingerprint density at radius 3 is 1.01 bits per heavy atom. The molecular formula is C101H146BClIKN10Na2O32-. The SMILES string of the molecule is C1CCOC1.C1COCCN1.CC(=O)OOC(C)=O.CC(C(=O)O)c1ccc([N+](=O)[O-])cc1.CC(C)(CC=O)c1ccc([N+](=O)[O-])cc1.CC(C)(CCN1CCOCC1)c1ccc(N)cc1.CC(C)(CCN1CCOCC1)c1ccc([N+](=O)[O-])cc1.CC(C)(CO)c1ccc([N+](=O)[O-])cc1.CO.COC(=O)C(C)(C)c1ccc([N+](=O)[O-])cc1.COC(=O)C(C)c1ccc([N+](=O)[O-])cc1.C[I-]C1CCCO1.Cl.[B-]OC(C)=O.[Na+].[Na][K]. The van der Waals surface area contributed by atoms with Crippen LogP contribution in [0.15, 0.2) is 170 Å². The van der Waals surface area contributed by atoms with Gasteiger partial charge in [-0.3, -0.25) is 89.7 Å². The van der Waals surface area contributed by atoms with E-state index in [1.54, 1.807) is 81.4 Å². The van der Waals surface area contributed by atoms with Crippen molar-refractivity contribution in [3.63, 3.8) is 0 Å². The van der Waals surface area contributed by atoms with E-state index in [0.29, 0.717) is 48.4 Å². The van der Waals surface area contributed by atoms with Crippen LogP contribution in [0.25, 0.3) is 0 Å². The summed E-state index contributed by atoms with van der Waals surface area (Å²) in [7, 11) is 7.95. The molecule has 3 unspecified atom stereocenters. The monoisotopic (exact) mass is 2270 g/mol. The number of carboxylic acid groups (broad SMARTS) is 1. The Balaban J connectivity index is -0.000000780. The quantitative estimate of drug-likeness (QED) is 0.00388. The van der Waals surface area contributed by atoms with E-state index in [1.165, 1.54) is 188 Å². The molecule has 7 aromatic carbocycles. The van der Waals surface area contributed by atoms with Crippen molar-refractivity contribution in [1.29, 1.82) is 0 Å². The van der Waals surface area contributed by atoms with E-state index in [0.717, 1.165) is 174 Å². The first kappa shape index (κ1) is 147. The molecule has 3 atom stereocenters. The minimum absolute atomic E-state index is 0. The van der Waals surface area contributed by atoms with Crippen molar-refractivity contribution in [2.45, 2.75) is 192 Å². The number of aldehydes is 1. The van der Waals surface area contributed by atoms with Crippen molar-refractivity contribution >= 4 is 158 Å². The van der Waals surface area contributed by atoms with Gasteiger partial charge in [-0.05, 0) is 134 Å². The van der Waals surface area contributed by atoms with Crippen LogP contribution in [0.1, 0.15) is 200 Å². The standard InChI is InChI=1S/C15H22N2O3.C15H24N2O.C11H13NO4.C11H13NO3.C10H11NO4.C10H13NO3.C9H9NO4.C5H10IO.C4H9NO.C4H6O4.C4H8O.C2H3BO2.CH4O.ClH.K.2Na/c1-15(2,7-8-16-9-11-20-12-10-16)13-3-5-14(6-4-13)17(18)19;1-15(2,13-3-5-14(16)6-4-13)7-8-17-9-11-18-12-10-17;1-11(2,10(13)16-3)8-4-6-9(7-5-8)12(14)15;1-11(2,7-8-13)9-3-5-10(6-4-9)12(14)15;1-7(10(12)15-2)8-3-5-9(6-4-8)11(13)14;1-10(2,7-12)8-3-5-9(6-4-8)11(13)14;1-6(9(11)12)7-2-4-8(5-3-7)10(13)14;1-6-5-3-2-4-7-5;1-3-6-4-2-5-1;1-3(5)7-8-4(2)6;1-2-4-5-3-1;1-2(4)5-3;1-2;;;;/h3-6H,7-12H2,1-2H3;3-6H,7-12,16H2,1-2H3;4-7H,1-3H3;3-6,8H,7H2,1-2H3;3-7H,1-2H3;3-6,12H,7H2,1-2H3;2-6H,1H3,(H,11,12);5H,2-4H2,1H3;5H,1-4H2;1-2H3;1-4H2;1H3;2H,1H3;1H;;;/q;;;;;;;-1;;;;-1;;;;;+1. The minimum atomic E-state index is -0.946. The third kappa shape index (κ3) is 63.7. The second-order valence-electron chi connectivity index (χ2n) is 35.5. The zero-order valence-corrected chi connectivity index (χ0v) is 99.9. The van der Waals surface area contributed by atoms with Crippen molar-refractivity contribution in [3.05, 3.63) is 269 Å². The summed E-state index contributed by atoms with van der Waals surface area (Å²) in [6.45, 7) is 43.3. The molecule has 5 heterocycles. The predicted molar refractivity (Wildman–Crippen MR) is 561 cm³/mol. The molecular weight excluding hydrogens is 2120 g/mol. The first-order chi connectivity index (χ1) is 69.3. The van der Waals surface area contributed by atoms with Crippen molar-refractivity contribution in [3.8, 4) is 0 Å². The molecule has 0 aliphatic carbocycles. The first-order valence-electron chi connectivity index (χ1n) is 47.3. The summed E-state index contributed by atoms with van der Waals surface area (Å²) in [5.41, 5.74) is 11.9. The van der Waals surface area contributed by atoms with Crippen LogP contribution in [-0.2, 0) is 108 Å². The summed E-state index contributed by atoms with van der Waals surface area (Å²) in [5.74, 6) is -4.47. The summed E-state index contributed by atoms with van der Waals surface area (Å²) >= 11 is 3.08. The van der Waals surface area contributed by atoms with E-state index in [9.17, 15) is 94.2 Å². The van der Waals surface area contributed by atoms with Crippen molar-refractivity contribution in [1.82, 2.24) is 15.1 Å². The molecule has 5 aliphatic rings. The number of morpholine rings is 3. The maximum absolute atomic E-state index is 11.5. The molecule has 5 saturated heterocycles. The van der Waals surface area contributed by atoms with Gasteiger partial charge in [0.25, 0.3) is 34.1 Å². The van der Waals surface area contributed by atoms with Gasteiger partial charge in [-0.15, -0.1) is 12.4 Å². The van der Waals surface area contributed by atoms with Crippen molar-refractivity contribution in [2.75, 3.05) is 150 Å². The fraction of sp³-hybridized carbons (Fsp3) is 0.515. The zero-order valence-electron chi connectivity index (χ0n) is 89.9. The molecule has 149 heavy (non-hydrogen) atoms. The van der Waals surface area contributed by atoms with Crippen LogP contribution in [0.2, 0.25) is 0 Å². The molecule has 0 saturated carbocycles. The number of carbonyl (C=O) groups excluding carboxylic acids is 6. The number of nitrogen functional groups attached to an aromatic ring is 1. The Morgan fingerprint density at radius 2 is 0.779 bits per heavy atom. The molecule has 7 aromatic rings. The number of halogens is 2. The Kier molecular flexibility index (Phi) is 81.0. The second-order valence-corrected chi connectivity index (χ2v) is 38.1. The number of nitrogens with two attached hydrogens (primary N) is 1. The second kappa shape index (κ2) is 82.2. The Labute approximate surface area is 951 Å². The number of nitrogens with one attached hydrogen (secondary N) is 1. The number of rotatable bonds is 26. The average molecular weight is 2270 g/mol. The van der Waals surface area contributed by atoms with Gasteiger partial charge in [0, 0.05) is 171 Å². The normalized spacial score (nSPS) is 14.1. The Hall–Kier alpha value is -8.45. The number of aliphatic hydroxyl groups is 2. The first-order valence-corrected chi connectivity index (χ1v) is 62.1. The van der Waals surface area contributed by atoms with Crippen LogP contribution in [0.4, 0.5) is 39.8 Å². The third-order valence-electron chi connectivity index (χ3n) is 22.4. The number of esters is 2. The number of hydrogen-bond acceptors (Lipinski definition) is 35. The van der Waals surface area contributed by atoms with Crippen LogP contribution >= 0.6 is 12.4 Å². The van der Waals surface area contributed by atoms with E-state index in [-0.39, 0.29) is 121 Å². The van der Waals surface area contributed by atoms with Crippen LogP contribution in [0, 0.1) is 60.7 Å². The van der Waals surface area contributed by atoms with Gasteiger partial charge in [0.1, 0.15) is 6.29 Å². The number of carbonyl (C=O) groups is 7. The number of anilines is 1. The van der Waals surface area contributed by atoms with E-state index < -0.39 is 65.7 Å².